The summed E-state index contributed by atoms with van der Waals surface area (Å²) in [5, 5.41) is 3.01. The van der Waals surface area contributed by atoms with Gasteiger partial charge in [-0.3, -0.25) is 4.79 Å². The van der Waals surface area contributed by atoms with Crippen LogP contribution in [0.4, 0.5) is 5.69 Å². The van der Waals surface area contributed by atoms with E-state index in [-0.39, 0.29) is 5.91 Å². The number of rotatable bonds is 6. The van der Waals surface area contributed by atoms with Gasteiger partial charge in [-0.05, 0) is 60.5 Å². The zero-order valence-corrected chi connectivity index (χ0v) is 19.3. The fourth-order valence-corrected chi connectivity index (χ4v) is 6.49. The van der Waals surface area contributed by atoms with Gasteiger partial charge in [-0.2, -0.15) is 0 Å². The van der Waals surface area contributed by atoms with Gasteiger partial charge in [-0.1, -0.05) is 18.2 Å². The molecule has 1 saturated heterocycles. The van der Waals surface area contributed by atoms with E-state index in [1.807, 2.05) is 83.6 Å². The SMILES string of the molecule is Cc1cccn2cc(COc3ccc(C(=O)Nc4cccc(C5SCCS5)c4)cc3)nc12. The van der Waals surface area contributed by atoms with Crippen LogP contribution in [0.5, 0.6) is 5.75 Å². The molecule has 5 nitrogen and oxygen atoms in total. The fraction of sp³-hybridized carbons (Fsp3) is 0.200. The lowest BCUT2D eigenvalue weighted by Crippen LogP contribution is -2.12. The van der Waals surface area contributed by atoms with Crippen LogP contribution in [0.25, 0.3) is 5.65 Å². The second kappa shape index (κ2) is 9.30. The summed E-state index contributed by atoms with van der Waals surface area (Å²) in [7, 11) is 0. The number of thioether (sulfide) groups is 2. The zero-order chi connectivity index (χ0) is 21.9. The van der Waals surface area contributed by atoms with E-state index in [4.69, 9.17) is 4.74 Å². The van der Waals surface area contributed by atoms with Crippen molar-refractivity contribution in [1.29, 1.82) is 0 Å². The van der Waals surface area contributed by atoms with Gasteiger partial charge < -0.3 is 14.5 Å². The Labute approximate surface area is 195 Å². The lowest BCUT2D eigenvalue weighted by atomic mass is 10.2. The Hall–Kier alpha value is -2.90. The van der Waals surface area contributed by atoms with Gasteiger partial charge in [0.2, 0.25) is 0 Å². The standard InChI is InChI=1S/C25H23N3O2S2/c1-17-4-3-11-28-15-21(26-23(17)28)16-30-22-9-7-18(8-10-22)24(29)27-20-6-2-5-19(14-20)25-31-12-13-32-25/h2-11,14-15,25H,12-13,16H2,1H3,(H,27,29). The van der Waals surface area contributed by atoms with Crippen LogP contribution >= 0.6 is 23.5 Å². The molecule has 0 bridgehead atoms. The highest BCUT2D eigenvalue weighted by Crippen LogP contribution is 2.45. The monoisotopic (exact) mass is 461 g/mol. The van der Waals surface area contributed by atoms with Crippen LogP contribution in [0.1, 0.15) is 31.8 Å². The van der Waals surface area contributed by atoms with Crippen LogP contribution in [0.2, 0.25) is 0 Å². The molecule has 1 N–H and O–H groups in total. The molecule has 1 aliphatic rings. The molecule has 32 heavy (non-hydrogen) atoms. The third-order valence-corrected chi connectivity index (χ3v) is 8.37. The van der Waals surface area contributed by atoms with Crippen LogP contribution in [-0.4, -0.2) is 26.8 Å². The molecule has 0 radical (unpaired) electrons. The quantitative estimate of drug-likeness (QED) is 0.384. The van der Waals surface area contributed by atoms with Gasteiger partial charge in [-0.25, -0.2) is 4.98 Å². The number of carbonyl (C=O) groups excluding carboxylic acids is 1. The number of pyridine rings is 1. The summed E-state index contributed by atoms with van der Waals surface area (Å²) >= 11 is 3.91. The Morgan fingerprint density at radius 3 is 2.72 bits per heavy atom. The number of hydrogen-bond acceptors (Lipinski definition) is 5. The first-order valence-corrected chi connectivity index (χ1v) is 12.6. The highest BCUT2D eigenvalue weighted by Gasteiger charge is 2.18. The van der Waals surface area contributed by atoms with E-state index in [2.05, 4.69) is 22.4 Å². The minimum absolute atomic E-state index is 0.128. The Bertz CT molecular complexity index is 1250. The minimum Gasteiger partial charge on any atom is -0.487 e. The van der Waals surface area contributed by atoms with Gasteiger partial charge in [-0.15, -0.1) is 23.5 Å². The van der Waals surface area contributed by atoms with E-state index in [9.17, 15) is 4.79 Å². The van der Waals surface area contributed by atoms with Crippen molar-refractivity contribution in [3.8, 4) is 5.75 Å². The molecule has 0 atom stereocenters. The summed E-state index contributed by atoms with van der Waals surface area (Å²) in [6, 6.07) is 19.4. The number of nitrogens with one attached hydrogen (secondary N) is 1. The van der Waals surface area contributed by atoms with Crippen molar-refractivity contribution in [3.63, 3.8) is 0 Å². The number of imidazole rings is 1. The van der Waals surface area contributed by atoms with Crippen LogP contribution in [0, 0.1) is 6.92 Å². The van der Waals surface area contributed by atoms with Crippen molar-refractivity contribution < 1.29 is 9.53 Å². The molecule has 0 aliphatic carbocycles. The molecule has 1 amide bonds. The third kappa shape index (κ3) is 4.64. The largest absolute Gasteiger partial charge is 0.487 e. The molecule has 2 aromatic heterocycles. The average molecular weight is 462 g/mol. The van der Waals surface area contributed by atoms with Crippen molar-refractivity contribution in [2.24, 2.45) is 0 Å². The Kier molecular flexibility index (Phi) is 6.10. The number of aromatic nitrogens is 2. The van der Waals surface area contributed by atoms with E-state index in [1.54, 1.807) is 12.1 Å². The maximum absolute atomic E-state index is 12.7. The van der Waals surface area contributed by atoms with Crippen LogP contribution in [0.15, 0.2) is 73.1 Å². The highest BCUT2D eigenvalue weighted by molar-refractivity contribution is 8.19. The molecule has 2 aromatic carbocycles. The number of amides is 1. The first-order chi connectivity index (χ1) is 15.7. The molecule has 1 aliphatic heterocycles. The molecule has 3 heterocycles. The third-order valence-electron chi connectivity index (χ3n) is 5.27. The second-order valence-corrected chi connectivity index (χ2v) is 10.3. The maximum atomic E-state index is 12.7. The number of ether oxygens (including phenoxy) is 1. The van der Waals surface area contributed by atoms with E-state index in [0.29, 0.717) is 22.5 Å². The molecule has 7 heteroatoms. The molecule has 1 fully saturated rings. The molecular formula is C25H23N3O2S2. The number of anilines is 1. The highest BCUT2D eigenvalue weighted by atomic mass is 32.2. The summed E-state index contributed by atoms with van der Waals surface area (Å²) in [5.41, 5.74) is 5.59. The lowest BCUT2D eigenvalue weighted by Gasteiger charge is -2.11. The van der Waals surface area contributed by atoms with Crippen molar-refractivity contribution in [3.05, 3.63) is 95.4 Å². The molecular weight excluding hydrogens is 438 g/mol. The molecule has 0 spiro atoms. The number of benzene rings is 2. The number of aryl methyl sites for hydroxylation is 1. The van der Waals surface area contributed by atoms with Crippen molar-refractivity contribution in [2.45, 2.75) is 18.1 Å². The van der Waals surface area contributed by atoms with Crippen LogP contribution in [-0.2, 0) is 6.61 Å². The predicted molar refractivity (Wildman–Crippen MR) is 133 cm³/mol. The van der Waals surface area contributed by atoms with Gasteiger partial charge in [0.1, 0.15) is 18.0 Å². The molecule has 0 saturated carbocycles. The number of fused-ring (bicyclic) bond motifs is 1. The second-order valence-electron chi connectivity index (χ2n) is 7.62. The average Bonchev–Trinajstić information content (AvgIpc) is 3.49. The molecule has 0 unspecified atom stereocenters. The van der Waals surface area contributed by atoms with Crippen LogP contribution in [0.3, 0.4) is 0 Å². The van der Waals surface area contributed by atoms with E-state index in [1.165, 1.54) is 17.1 Å². The van der Waals surface area contributed by atoms with Gasteiger partial charge in [0, 0.05) is 35.2 Å². The maximum Gasteiger partial charge on any atom is 0.255 e. The minimum atomic E-state index is -0.128. The first kappa shape index (κ1) is 21.0. The van der Waals surface area contributed by atoms with Gasteiger partial charge in [0.05, 0.1) is 10.3 Å². The summed E-state index contributed by atoms with van der Waals surface area (Å²) in [4.78, 5) is 17.3. The number of nitrogens with zero attached hydrogens (tertiary/aromatic N) is 2. The molecule has 5 rings (SSSR count). The van der Waals surface area contributed by atoms with Crippen molar-refractivity contribution in [1.82, 2.24) is 9.38 Å². The summed E-state index contributed by atoms with van der Waals surface area (Å²) < 4.78 is 8.33. The number of hydrogen-bond donors (Lipinski definition) is 1. The first-order valence-electron chi connectivity index (χ1n) is 10.5. The molecule has 4 aromatic rings. The van der Waals surface area contributed by atoms with Gasteiger partial charge in [0.15, 0.2) is 0 Å². The number of carbonyl (C=O) groups is 1. The van der Waals surface area contributed by atoms with Crippen LogP contribution < -0.4 is 10.1 Å². The zero-order valence-electron chi connectivity index (χ0n) is 17.7. The topological polar surface area (TPSA) is 55.6 Å². The van der Waals surface area contributed by atoms with Crippen molar-refractivity contribution >= 4 is 40.8 Å². The summed E-state index contributed by atoms with van der Waals surface area (Å²) in [6.07, 6.45) is 3.95. The lowest BCUT2D eigenvalue weighted by molar-refractivity contribution is 0.102. The van der Waals surface area contributed by atoms with Gasteiger partial charge in [0.25, 0.3) is 5.91 Å². The summed E-state index contributed by atoms with van der Waals surface area (Å²) in [6.45, 7) is 2.41. The van der Waals surface area contributed by atoms with E-state index < -0.39 is 0 Å². The van der Waals surface area contributed by atoms with Gasteiger partial charge >= 0.3 is 0 Å². The van der Waals surface area contributed by atoms with Crippen molar-refractivity contribution in [2.75, 3.05) is 16.8 Å². The van der Waals surface area contributed by atoms with E-state index >= 15 is 0 Å². The Balaban J connectivity index is 1.21. The smallest absolute Gasteiger partial charge is 0.255 e. The van der Waals surface area contributed by atoms with E-state index in [0.717, 1.165) is 22.6 Å². The Morgan fingerprint density at radius 1 is 1.12 bits per heavy atom. The Morgan fingerprint density at radius 2 is 1.94 bits per heavy atom. The fourth-order valence-electron chi connectivity index (χ4n) is 3.65. The normalized spacial score (nSPS) is 14.0. The summed E-state index contributed by atoms with van der Waals surface area (Å²) in [5.74, 6) is 2.93. The predicted octanol–water partition coefficient (Wildman–Crippen LogP) is 5.95. The molecule has 162 valence electrons.